The molecule has 0 unspecified atom stereocenters. The second-order valence-corrected chi connectivity index (χ2v) is 8.35. The van der Waals surface area contributed by atoms with Gasteiger partial charge in [0.2, 0.25) is 0 Å². The van der Waals surface area contributed by atoms with Gasteiger partial charge in [0, 0.05) is 20.8 Å². The van der Waals surface area contributed by atoms with Gasteiger partial charge < -0.3 is 0 Å². The summed E-state index contributed by atoms with van der Waals surface area (Å²) in [6.45, 7) is 8.60. The molecule has 3 aromatic carbocycles. The molecule has 122 valence electrons. The van der Waals surface area contributed by atoms with Crippen molar-refractivity contribution in [3.05, 3.63) is 75.8 Å². The van der Waals surface area contributed by atoms with Crippen LogP contribution in [-0.4, -0.2) is 10.2 Å². The van der Waals surface area contributed by atoms with E-state index in [1.165, 1.54) is 49.7 Å². The summed E-state index contributed by atoms with van der Waals surface area (Å²) in [7, 11) is 0.991. The van der Waals surface area contributed by atoms with Crippen molar-refractivity contribution in [1.82, 2.24) is 0 Å². The van der Waals surface area contributed by atoms with Gasteiger partial charge in [0.1, 0.15) is 0 Å². The molecule has 24 heavy (non-hydrogen) atoms. The maximum atomic E-state index is 6.69. The van der Waals surface area contributed by atoms with Crippen LogP contribution in [0, 0.1) is 27.7 Å². The maximum absolute atomic E-state index is 6.69. The van der Waals surface area contributed by atoms with Crippen molar-refractivity contribution in [3.63, 3.8) is 0 Å². The number of aryl methyl sites for hydroxylation is 4. The van der Waals surface area contributed by atoms with E-state index in [0.29, 0.717) is 0 Å². The van der Waals surface area contributed by atoms with Crippen LogP contribution < -0.4 is 5.19 Å². The molecule has 0 amide bonds. The van der Waals surface area contributed by atoms with E-state index in [0.717, 1.165) is 15.3 Å². The predicted molar refractivity (Wildman–Crippen MR) is 111 cm³/mol. The molecule has 0 heterocycles. The molecule has 0 aliphatic rings. The highest BCUT2D eigenvalue weighted by Crippen LogP contribution is 2.37. The van der Waals surface area contributed by atoms with Crippen LogP contribution in [0.1, 0.15) is 22.3 Å². The van der Waals surface area contributed by atoms with E-state index < -0.39 is 0 Å². The number of rotatable bonds is 2. The van der Waals surface area contributed by atoms with Crippen LogP contribution >= 0.6 is 11.6 Å². The molecule has 0 saturated heterocycles. The van der Waals surface area contributed by atoms with Gasteiger partial charge in [-0.1, -0.05) is 81.5 Å². The minimum absolute atomic E-state index is 0.828. The lowest BCUT2D eigenvalue weighted by atomic mass is 9.91. The first-order valence-electron chi connectivity index (χ1n) is 8.31. The first-order valence-corrected chi connectivity index (χ1v) is 9.69. The molecule has 0 nitrogen and oxygen atoms in total. The van der Waals surface area contributed by atoms with E-state index in [2.05, 4.69) is 70.2 Å². The van der Waals surface area contributed by atoms with Crippen molar-refractivity contribution < 1.29 is 0 Å². The Morgan fingerprint density at radius 1 is 0.625 bits per heavy atom. The van der Waals surface area contributed by atoms with E-state index in [1.807, 2.05) is 6.07 Å². The summed E-state index contributed by atoms with van der Waals surface area (Å²) in [5.74, 6) is 0. The van der Waals surface area contributed by atoms with Crippen LogP contribution in [0.25, 0.3) is 22.3 Å². The van der Waals surface area contributed by atoms with Crippen LogP contribution in [0.4, 0.5) is 0 Å². The Balaban J connectivity index is 2.36. The Morgan fingerprint density at radius 2 is 1.04 bits per heavy atom. The van der Waals surface area contributed by atoms with Crippen molar-refractivity contribution in [2.24, 2.45) is 0 Å². The zero-order valence-corrected chi connectivity index (χ0v) is 17.8. The lowest BCUT2D eigenvalue weighted by Gasteiger charge is -2.17. The van der Waals surface area contributed by atoms with Gasteiger partial charge in [0.05, 0.1) is 0 Å². The Bertz CT molecular complexity index is 808. The number of hydrogen-bond acceptors (Lipinski definition) is 0. The second-order valence-electron chi connectivity index (χ2n) is 6.87. The third kappa shape index (κ3) is 3.33. The molecule has 0 N–H and O–H groups in total. The van der Waals surface area contributed by atoms with E-state index in [9.17, 15) is 0 Å². The van der Waals surface area contributed by atoms with E-state index in [4.69, 9.17) is 11.6 Å². The van der Waals surface area contributed by atoms with Crippen LogP contribution in [-0.2, 0) is 0 Å². The van der Waals surface area contributed by atoms with Crippen LogP contribution in [0.3, 0.4) is 0 Å². The first kappa shape index (κ1) is 17.0. The summed E-state index contributed by atoms with van der Waals surface area (Å²) in [6.07, 6.45) is 0. The Kier molecular flexibility index (Phi) is 4.66. The van der Waals surface area contributed by atoms with Crippen molar-refractivity contribution >= 4 is 27.0 Å². The van der Waals surface area contributed by atoms with Gasteiger partial charge in [-0.05, 0) is 50.5 Å². The average Bonchev–Trinajstić information content (AvgIpc) is 2.47. The van der Waals surface area contributed by atoms with Crippen LogP contribution in [0.15, 0.2) is 48.5 Å². The molecule has 3 rings (SSSR count). The average molecular weight is 351 g/mol. The van der Waals surface area contributed by atoms with Crippen molar-refractivity contribution in [1.29, 1.82) is 0 Å². The van der Waals surface area contributed by atoms with Gasteiger partial charge in [-0.2, -0.15) is 0 Å². The van der Waals surface area contributed by atoms with Crippen LogP contribution in [0.2, 0.25) is 5.02 Å². The number of hydrogen-bond donors (Lipinski definition) is 0. The molecule has 3 aromatic rings. The minimum atomic E-state index is 0.828. The van der Waals surface area contributed by atoms with Gasteiger partial charge in [0.25, 0.3) is 0 Å². The number of benzene rings is 3. The molecule has 0 aliphatic carbocycles. The van der Waals surface area contributed by atoms with Crippen molar-refractivity contribution in [2.45, 2.75) is 27.7 Å². The summed E-state index contributed by atoms with van der Waals surface area (Å²) in [6, 6.07) is 17.7. The fourth-order valence-corrected chi connectivity index (χ4v) is 4.55. The summed E-state index contributed by atoms with van der Waals surface area (Å²) >= 11 is 6.69. The molecule has 0 saturated carbocycles. The van der Waals surface area contributed by atoms with E-state index >= 15 is 0 Å². The summed E-state index contributed by atoms with van der Waals surface area (Å²) in [4.78, 5) is 0. The predicted octanol–water partition coefficient (Wildman–Crippen LogP) is 4.90. The quantitative estimate of drug-likeness (QED) is 0.577. The first-order chi connectivity index (χ1) is 11.3. The third-order valence-electron chi connectivity index (χ3n) is 4.38. The SMILES string of the molecule is Cc1cc(C)cc(-c2c([SiH3])ccc(Cl)c2-c2cc(C)cc(C)c2)c1. The molecule has 0 atom stereocenters. The lowest BCUT2D eigenvalue weighted by molar-refractivity contribution is 1.37. The van der Waals surface area contributed by atoms with Crippen molar-refractivity contribution in [3.8, 4) is 22.3 Å². The number of halogens is 1. The largest absolute Gasteiger partial charge is 0.0836 e. The molecular formula is C22H23ClSi. The fraction of sp³-hybridized carbons (Fsp3) is 0.182. The minimum Gasteiger partial charge on any atom is -0.0836 e. The summed E-state index contributed by atoms with van der Waals surface area (Å²) < 4.78 is 0. The molecule has 2 heteroatoms. The van der Waals surface area contributed by atoms with E-state index in [1.54, 1.807) is 0 Å². The molecule has 0 aliphatic heterocycles. The highest BCUT2D eigenvalue weighted by atomic mass is 35.5. The zero-order valence-electron chi connectivity index (χ0n) is 15.0. The van der Waals surface area contributed by atoms with Gasteiger partial charge in [-0.3, -0.25) is 0 Å². The van der Waals surface area contributed by atoms with Crippen LogP contribution in [0.5, 0.6) is 0 Å². The summed E-state index contributed by atoms with van der Waals surface area (Å²) in [5.41, 5.74) is 10.1. The Labute approximate surface area is 152 Å². The van der Waals surface area contributed by atoms with Gasteiger partial charge in [-0.25, -0.2) is 0 Å². The highest BCUT2D eigenvalue weighted by Gasteiger charge is 2.15. The van der Waals surface area contributed by atoms with Crippen molar-refractivity contribution in [2.75, 3.05) is 0 Å². The van der Waals surface area contributed by atoms with Gasteiger partial charge >= 0.3 is 0 Å². The third-order valence-corrected chi connectivity index (χ3v) is 5.53. The van der Waals surface area contributed by atoms with E-state index in [-0.39, 0.29) is 0 Å². The molecule has 0 fully saturated rings. The molecule has 0 radical (unpaired) electrons. The molecule has 0 aromatic heterocycles. The van der Waals surface area contributed by atoms with Gasteiger partial charge in [0.15, 0.2) is 0 Å². The topological polar surface area (TPSA) is 0 Å². The molecule has 0 spiro atoms. The van der Waals surface area contributed by atoms with Gasteiger partial charge in [-0.15, -0.1) is 0 Å². The standard InChI is InChI=1S/C22H23ClSi/c1-13-7-14(2)10-17(9-13)21-19(23)5-6-20(24)22(21)18-11-15(3)8-16(4)12-18/h5-12H,1-4,24H3. The monoisotopic (exact) mass is 350 g/mol. The molecule has 0 bridgehead atoms. The normalized spacial score (nSPS) is 11.0. The molecular weight excluding hydrogens is 328 g/mol. The lowest BCUT2D eigenvalue weighted by Crippen LogP contribution is -2.09. The zero-order chi connectivity index (χ0) is 17.4. The summed E-state index contributed by atoms with van der Waals surface area (Å²) in [5, 5.41) is 2.22. The second kappa shape index (κ2) is 6.58. The Morgan fingerprint density at radius 3 is 1.50 bits per heavy atom. The highest BCUT2D eigenvalue weighted by molar-refractivity contribution is 6.40. The maximum Gasteiger partial charge on any atom is 0.0490 e. The fourth-order valence-electron chi connectivity index (χ4n) is 3.57. The Hall–Kier alpha value is -1.83. The smallest absolute Gasteiger partial charge is 0.0490 e.